The molecular formula is C34H63. The van der Waals surface area contributed by atoms with Crippen LogP contribution < -0.4 is 0 Å². The molecule has 199 valence electrons. The fourth-order valence-corrected chi connectivity index (χ4v) is 5.43. The van der Waals surface area contributed by atoms with Crippen LogP contribution in [0, 0.1) is 6.08 Å². The van der Waals surface area contributed by atoms with Crippen molar-refractivity contribution in [3.05, 3.63) is 23.8 Å². The summed E-state index contributed by atoms with van der Waals surface area (Å²) in [6, 6.07) is 0. The second-order valence-electron chi connectivity index (χ2n) is 11.3. The Morgan fingerprint density at radius 2 is 0.735 bits per heavy atom. The van der Waals surface area contributed by atoms with Crippen LogP contribution in [0.2, 0.25) is 0 Å². The van der Waals surface area contributed by atoms with Gasteiger partial charge in [-0.3, -0.25) is 0 Å². The van der Waals surface area contributed by atoms with Gasteiger partial charge in [-0.25, -0.2) is 0 Å². The second kappa shape index (κ2) is 27.1. The summed E-state index contributed by atoms with van der Waals surface area (Å²) in [6.07, 6.45) is 49.9. The molecular weight excluding hydrogens is 408 g/mol. The molecule has 0 spiro atoms. The van der Waals surface area contributed by atoms with Gasteiger partial charge < -0.3 is 0 Å². The van der Waals surface area contributed by atoms with Gasteiger partial charge in [0.1, 0.15) is 0 Å². The third kappa shape index (κ3) is 23.2. The van der Waals surface area contributed by atoms with Gasteiger partial charge >= 0.3 is 0 Å². The van der Waals surface area contributed by atoms with E-state index in [-0.39, 0.29) is 0 Å². The van der Waals surface area contributed by atoms with Crippen molar-refractivity contribution in [1.29, 1.82) is 0 Å². The average molecular weight is 472 g/mol. The third-order valence-electron chi connectivity index (χ3n) is 7.82. The van der Waals surface area contributed by atoms with Gasteiger partial charge in [-0.1, -0.05) is 186 Å². The number of hydrogen-bond acceptors (Lipinski definition) is 0. The summed E-state index contributed by atoms with van der Waals surface area (Å²) in [5, 5.41) is 0. The highest BCUT2D eigenvalue weighted by atomic mass is 14.0. The van der Waals surface area contributed by atoms with Gasteiger partial charge in [-0.15, -0.1) is 0 Å². The minimum atomic E-state index is 1.05. The van der Waals surface area contributed by atoms with Crippen LogP contribution in [0.25, 0.3) is 0 Å². The van der Waals surface area contributed by atoms with Gasteiger partial charge in [0.2, 0.25) is 0 Å². The molecule has 0 aromatic carbocycles. The lowest BCUT2D eigenvalue weighted by molar-refractivity contribution is 0.514. The van der Waals surface area contributed by atoms with E-state index >= 15 is 0 Å². The minimum absolute atomic E-state index is 1.05. The number of allylic oxidation sites excluding steroid dienone is 4. The highest BCUT2D eigenvalue weighted by Gasteiger charge is 1.99. The van der Waals surface area contributed by atoms with E-state index in [0.29, 0.717) is 0 Å². The van der Waals surface area contributed by atoms with E-state index in [1.165, 1.54) is 185 Å². The molecule has 0 atom stereocenters. The van der Waals surface area contributed by atoms with Gasteiger partial charge in [0, 0.05) is 0 Å². The van der Waals surface area contributed by atoms with Gasteiger partial charge in [0.15, 0.2) is 0 Å². The maximum Gasteiger partial charge on any atom is -0.00885 e. The highest BCUT2D eigenvalue weighted by molar-refractivity contribution is 5.21. The molecule has 0 aliphatic heterocycles. The standard InChI is InChI=1S/C34H63/c1-2-3-4-5-6-7-8-9-10-11-12-13-14-15-16-17-18-19-20-21-22-23-24-25-26-27-28-31-34-32-29-30-33-34/h29,32H,2-28,30-31H2,1H3. The number of hydrogen-bond donors (Lipinski definition) is 0. The molecule has 34 heavy (non-hydrogen) atoms. The summed E-state index contributed by atoms with van der Waals surface area (Å²) >= 11 is 0. The van der Waals surface area contributed by atoms with Crippen LogP contribution in [0.15, 0.2) is 17.7 Å². The van der Waals surface area contributed by atoms with E-state index < -0.39 is 0 Å². The maximum atomic E-state index is 3.43. The molecule has 0 fully saturated rings. The molecule has 0 heteroatoms. The monoisotopic (exact) mass is 471 g/mol. The van der Waals surface area contributed by atoms with Crippen molar-refractivity contribution in [1.82, 2.24) is 0 Å². The fourth-order valence-electron chi connectivity index (χ4n) is 5.43. The van der Waals surface area contributed by atoms with Gasteiger partial charge in [-0.05, 0) is 30.9 Å². The Hall–Kier alpha value is -0.520. The molecule has 1 aliphatic rings. The summed E-state index contributed by atoms with van der Waals surface area (Å²) in [5.74, 6) is 0. The van der Waals surface area contributed by atoms with E-state index in [1.54, 1.807) is 0 Å². The first-order chi connectivity index (χ1) is 16.9. The van der Waals surface area contributed by atoms with Crippen LogP contribution in [-0.4, -0.2) is 0 Å². The van der Waals surface area contributed by atoms with Gasteiger partial charge in [0.25, 0.3) is 0 Å². The zero-order valence-electron chi connectivity index (χ0n) is 23.7. The van der Waals surface area contributed by atoms with Crippen LogP contribution in [-0.2, 0) is 0 Å². The van der Waals surface area contributed by atoms with Crippen molar-refractivity contribution in [2.45, 2.75) is 193 Å². The van der Waals surface area contributed by atoms with Gasteiger partial charge in [0.05, 0.1) is 0 Å². The highest BCUT2D eigenvalue weighted by Crippen LogP contribution is 2.18. The van der Waals surface area contributed by atoms with E-state index in [2.05, 4.69) is 25.2 Å². The Labute approximate surface area is 216 Å². The SMILES string of the molecule is CCCCCCCCCCCCCCCCCCCCCCCCCCCCCC1=[C]CC=C1. The Balaban J connectivity index is 1.61. The zero-order chi connectivity index (χ0) is 24.2. The van der Waals surface area contributed by atoms with Crippen molar-refractivity contribution in [2.24, 2.45) is 0 Å². The zero-order valence-corrected chi connectivity index (χ0v) is 23.7. The summed E-state index contributed by atoms with van der Waals surface area (Å²) < 4.78 is 0. The van der Waals surface area contributed by atoms with Crippen molar-refractivity contribution >= 4 is 0 Å². The molecule has 0 aromatic rings. The number of rotatable bonds is 28. The van der Waals surface area contributed by atoms with Crippen molar-refractivity contribution in [2.75, 3.05) is 0 Å². The van der Waals surface area contributed by atoms with Crippen LogP contribution in [0.4, 0.5) is 0 Å². The molecule has 1 aliphatic carbocycles. The molecule has 0 aromatic heterocycles. The molecule has 0 saturated carbocycles. The predicted octanol–water partition coefficient (Wildman–Crippen LogP) is 12.6. The Morgan fingerprint density at radius 1 is 0.441 bits per heavy atom. The average Bonchev–Trinajstić information content (AvgIpc) is 3.37. The quantitative estimate of drug-likeness (QED) is 0.0995. The number of unbranched alkanes of at least 4 members (excludes halogenated alkanes) is 26. The molecule has 0 saturated heterocycles. The molecule has 0 heterocycles. The van der Waals surface area contributed by atoms with E-state index in [4.69, 9.17) is 0 Å². The lowest BCUT2D eigenvalue weighted by Gasteiger charge is -2.04. The van der Waals surface area contributed by atoms with E-state index in [1.807, 2.05) is 0 Å². The topological polar surface area (TPSA) is 0 Å². The summed E-state index contributed by atoms with van der Waals surface area (Å²) in [6.45, 7) is 2.31. The van der Waals surface area contributed by atoms with Crippen LogP contribution in [0.3, 0.4) is 0 Å². The smallest absolute Gasteiger partial charge is 0.00885 e. The van der Waals surface area contributed by atoms with Gasteiger partial charge in [-0.2, -0.15) is 0 Å². The summed E-state index contributed by atoms with van der Waals surface area (Å²) in [7, 11) is 0. The first kappa shape index (κ1) is 31.5. The lowest BCUT2D eigenvalue weighted by Crippen LogP contribution is -1.85. The van der Waals surface area contributed by atoms with E-state index in [9.17, 15) is 0 Å². The lowest BCUT2D eigenvalue weighted by atomic mass is 10.0. The van der Waals surface area contributed by atoms with E-state index in [0.717, 1.165) is 6.42 Å². The van der Waals surface area contributed by atoms with Crippen LogP contribution in [0.5, 0.6) is 0 Å². The molecule has 0 unspecified atom stereocenters. The molecule has 0 bridgehead atoms. The molecule has 0 amide bonds. The maximum absolute atomic E-state index is 3.43. The Bertz CT molecular complexity index is 443. The van der Waals surface area contributed by atoms with Crippen LogP contribution in [0.1, 0.15) is 193 Å². The fraction of sp³-hybridized carbons (Fsp3) is 0.882. The largest absolute Gasteiger partial charge is 0.0798 e. The normalized spacial score (nSPS) is 13.1. The first-order valence-electron chi connectivity index (χ1n) is 16.2. The Morgan fingerprint density at radius 3 is 1.00 bits per heavy atom. The molecule has 1 rings (SSSR count). The minimum Gasteiger partial charge on any atom is -0.0798 e. The third-order valence-corrected chi connectivity index (χ3v) is 7.82. The second-order valence-corrected chi connectivity index (χ2v) is 11.3. The van der Waals surface area contributed by atoms with Crippen LogP contribution >= 0.6 is 0 Å². The first-order valence-corrected chi connectivity index (χ1v) is 16.2. The molecule has 1 radical (unpaired) electrons. The van der Waals surface area contributed by atoms with Crippen molar-refractivity contribution in [3.8, 4) is 0 Å². The van der Waals surface area contributed by atoms with Crippen molar-refractivity contribution in [3.63, 3.8) is 0 Å². The van der Waals surface area contributed by atoms with Crippen molar-refractivity contribution < 1.29 is 0 Å². The molecule has 0 N–H and O–H groups in total. The summed E-state index contributed by atoms with van der Waals surface area (Å²) in [5.41, 5.74) is 1.46. The summed E-state index contributed by atoms with van der Waals surface area (Å²) in [4.78, 5) is 0. The Kier molecular flexibility index (Phi) is 25.1. The molecule has 0 nitrogen and oxygen atoms in total. The predicted molar refractivity (Wildman–Crippen MR) is 155 cm³/mol.